The number of nitrogens with zero attached hydrogens (tertiary/aromatic N) is 4. The van der Waals surface area contributed by atoms with Crippen LogP contribution in [-0.4, -0.2) is 38.6 Å². The molecule has 2 aromatic heterocycles. The number of aliphatic hydroxyl groups excluding tert-OH is 1. The largest absolute Gasteiger partial charge is 0.472 e. The summed E-state index contributed by atoms with van der Waals surface area (Å²) in [6, 6.07) is 17.7. The summed E-state index contributed by atoms with van der Waals surface area (Å²) in [5, 5.41) is 9.51. The number of ketones is 1. The smallest absolute Gasteiger partial charge is 0.233 e. The van der Waals surface area contributed by atoms with Crippen molar-refractivity contribution < 1.29 is 19.0 Å². The molecule has 180 valence electrons. The normalized spacial score (nSPS) is 13.9. The first-order valence-electron chi connectivity index (χ1n) is 11.7. The number of carbonyl (C=O) groups excluding carboxylic acids is 1. The SMILES string of the molecule is O=C(c1cnc(N2CCc3ccccc32)nc1OCc1ccc(F)cc1)c1ccc2n1CC(CO)=C2. The number of aliphatic hydroxyl groups is 1. The number of rotatable bonds is 7. The van der Waals surface area contributed by atoms with Gasteiger partial charge in [0.15, 0.2) is 0 Å². The molecule has 8 heteroatoms. The van der Waals surface area contributed by atoms with Gasteiger partial charge in [-0.15, -0.1) is 0 Å². The Balaban J connectivity index is 1.35. The van der Waals surface area contributed by atoms with Crippen molar-refractivity contribution in [1.29, 1.82) is 0 Å². The summed E-state index contributed by atoms with van der Waals surface area (Å²) in [6.45, 7) is 1.24. The van der Waals surface area contributed by atoms with Gasteiger partial charge in [-0.2, -0.15) is 4.98 Å². The molecule has 0 aliphatic carbocycles. The molecule has 1 N–H and O–H groups in total. The Labute approximate surface area is 207 Å². The Morgan fingerprint density at radius 2 is 1.92 bits per heavy atom. The van der Waals surface area contributed by atoms with Gasteiger partial charge in [0.25, 0.3) is 0 Å². The molecule has 0 radical (unpaired) electrons. The van der Waals surface area contributed by atoms with Gasteiger partial charge in [0.1, 0.15) is 18.0 Å². The number of halogens is 1. The first-order valence-corrected chi connectivity index (χ1v) is 11.7. The number of ether oxygens (including phenoxy) is 1. The highest BCUT2D eigenvalue weighted by molar-refractivity contribution is 6.09. The van der Waals surface area contributed by atoms with Crippen LogP contribution in [0.3, 0.4) is 0 Å². The summed E-state index contributed by atoms with van der Waals surface area (Å²) in [5.74, 6) is 0.0266. The zero-order valence-electron chi connectivity index (χ0n) is 19.4. The summed E-state index contributed by atoms with van der Waals surface area (Å²) < 4.78 is 21.3. The molecule has 0 fully saturated rings. The fraction of sp³-hybridized carbons (Fsp3) is 0.179. The Morgan fingerprint density at radius 1 is 1.08 bits per heavy atom. The van der Waals surface area contributed by atoms with Crippen molar-refractivity contribution >= 4 is 23.5 Å². The summed E-state index contributed by atoms with van der Waals surface area (Å²) in [4.78, 5) is 24.9. The summed E-state index contributed by atoms with van der Waals surface area (Å²) in [7, 11) is 0. The molecule has 0 saturated heterocycles. The fourth-order valence-corrected chi connectivity index (χ4v) is 4.71. The third-order valence-corrected chi connectivity index (χ3v) is 6.57. The Hall–Kier alpha value is -4.30. The van der Waals surface area contributed by atoms with Crippen molar-refractivity contribution in [3.63, 3.8) is 0 Å². The Morgan fingerprint density at radius 3 is 2.75 bits per heavy atom. The number of para-hydroxylation sites is 1. The number of anilines is 2. The van der Waals surface area contributed by atoms with E-state index in [1.807, 2.05) is 39.8 Å². The molecule has 7 nitrogen and oxygen atoms in total. The molecule has 2 aromatic carbocycles. The summed E-state index contributed by atoms with van der Waals surface area (Å²) >= 11 is 0. The van der Waals surface area contributed by atoms with Gasteiger partial charge in [-0.1, -0.05) is 30.3 Å². The van der Waals surface area contributed by atoms with Crippen molar-refractivity contribution in [1.82, 2.24) is 14.5 Å². The predicted molar refractivity (Wildman–Crippen MR) is 133 cm³/mol. The van der Waals surface area contributed by atoms with Crippen LogP contribution in [0.4, 0.5) is 16.0 Å². The minimum Gasteiger partial charge on any atom is -0.472 e. The maximum Gasteiger partial charge on any atom is 0.233 e. The van der Waals surface area contributed by atoms with Gasteiger partial charge in [0, 0.05) is 30.7 Å². The van der Waals surface area contributed by atoms with E-state index in [1.165, 1.54) is 23.9 Å². The molecule has 36 heavy (non-hydrogen) atoms. The predicted octanol–water partition coefficient (Wildman–Crippen LogP) is 4.31. The first-order chi connectivity index (χ1) is 17.6. The number of carbonyl (C=O) groups is 1. The standard InChI is InChI=1S/C28H23FN4O3/c29-21-7-5-18(6-8-21)17-36-27-23(26(35)25-10-9-22-13-19(16-34)15-33(22)25)14-30-28(31-27)32-12-11-20-3-1-2-4-24(20)32/h1-10,13-14,34H,11-12,15-17H2. The zero-order valence-corrected chi connectivity index (χ0v) is 19.4. The first kappa shape index (κ1) is 22.2. The van der Waals surface area contributed by atoms with Crippen molar-refractivity contribution in [2.24, 2.45) is 0 Å². The van der Waals surface area contributed by atoms with E-state index in [9.17, 15) is 14.3 Å². The van der Waals surface area contributed by atoms with E-state index >= 15 is 0 Å². The summed E-state index contributed by atoms with van der Waals surface area (Å²) in [5.41, 5.74) is 5.42. The van der Waals surface area contributed by atoms with Crippen molar-refractivity contribution in [3.05, 3.63) is 106 Å². The molecule has 0 amide bonds. The molecule has 4 heterocycles. The van der Waals surface area contributed by atoms with Crippen molar-refractivity contribution in [2.45, 2.75) is 19.6 Å². The highest BCUT2D eigenvalue weighted by Gasteiger charge is 2.27. The fourth-order valence-electron chi connectivity index (χ4n) is 4.71. The highest BCUT2D eigenvalue weighted by Crippen LogP contribution is 2.34. The van der Waals surface area contributed by atoms with Crippen LogP contribution in [0.15, 0.2) is 72.4 Å². The van der Waals surface area contributed by atoms with E-state index in [0.29, 0.717) is 18.2 Å². The second-order valence-electron chi connectivity index (χ2n) is 8.85. The van der Waals surface area contributed by atoms with E-state index in [4.69, 9.17) is 4.74 Å². The average Bonchev–Trinajstić information content (AvgIpc) is 3.62. The lowest BCUT2D eigenvalue weighted by Gasteiger charge is -2.19. The van der Waals surface area contributed by atoms with E-state index in [-0.39, 0.29) is 36.3 Å². The van der Waals surface area contributed by atoms with E-state index < -0.39 is 0 Å². The molecular weight excluding hydrogens is 459 g/mol. The van der Waals surface area contributed by atoms with Crippen LogP contribution >= 0.6 is 0 Å². The minimum absolute atomic E-state index is 0.0591. The second kappa shape index (κ2) is 9.05. The molecule has 2 aliphatic rings. The monoisotopic (exact) mass is 482 g/mol. The zero-order chi connectivity index (χ0) is 24.6. The van der Waals surface area contributed by atoms with E-state index in [1.54, 1.807) is 18.2 Å². The van der Waals surface area contributed by atoms with Crippen LogP contribution in [0.1, 0.15) is 32.9 Å². The lowest BCUT2D eigenvalue weighted by atomic mass is 10.1. The lowest BCUT2D eigenvalue weighted by molar-refractivity contribution is 0.102. The number of benzene rings is 2. The number of aromatic nitrogens is 3. The van der Waals surface area contributed by atoms with Crippen LogP contribution in [0, 0.1) is 5.82 Å². The van der Waals surface area contributed by atoms with Gasteiger partial charge >= 0.3 is 0 Å². The third kappa shape index (κ3) is 3.95. The van der Waals surface area contributed by atoms with Gasteiger partial charge in [0.2, 0.25) is 17.6 Å². The van der Waals surface area contributed by atoms with Gasteiger partial charge < -0.3 is 19.3 Å². The molecule has 0 saturated carbocycles. The van der Waals surface area contributed by atoms with Crippen molar-refractivity contribution in [3.8, 4) is 5.88 Å². The molecule has 4 aromatic rings. The molecule has 0 spiro atoms. The van der Waals surface area contributed by atoms with Gasteiger partial charge in [-0.05, 0) is 59.5 Å². The van der Waals surface area contributed by atoms with Crippen LogP contribution in [0.5, 0.6) is 5.88 Å². The minimum atomic E-state index is -0.329. The van der Waals surface area contributed by atoms with E-state index in [0.717, 1.165) is 35.5 Å². The maximum absolute atomic E-state index is 13.6. The molecule has 0 unspecified atom stereocenters. The number of fused-ring (bicyclic) bond motifs is 2. The summed E-state index contributed by atoms with van der Waals surface area (Å²) in [6.07, 6.45) is 4.27. The molecule has 0 bridgehead atoms. The molecule has 0 atom stereocenters. The molecular formula is C28H23FN4O3. The number of hydrogen-bond acceptors (Lipinski definition) is 6. The second-order valence-corrected chi connectivity index (χ2v) is 8.85. The number of hydrogen-bond donors (Lipinski definition) is 1. The highest BCUT2D eigenvalue weighted by atomic mass is 19.1. The molecule has 2 aliphatic heterocycles. The lowest BCUT2D eigenvalue weighted by Crippen LogP contribution is -2.19. The Kier molecular flexibility index (Phi) is 5.58. The average molecular weight is 483 g/mol. The van der Waals surface area contributed by atoms with Gasteiger partial charge in [-0.3, -0.25) is 4.79 Å². The third-order valence-electron chi connectivity index (χ3n) is 6.57. The Bertz CT molecular complexity index is 1490. The topological polar surface area (TPSA) is 80.5 Å². The maximum atomic E-state index is 13.6. The van der Waals surface area contributed by atoms with Gasteiger partial charge in [-0.25, -0.2) is 9.37 Å². The van der Waals surface area contributed by atoms with Crippen LogP contribution in [0.25, 0.3) is 6.08 Å². The quantitative estimate of drug-likeness (QED) is 0.396. The van der Waals surface area contributed by atoms with Crippen LogP contribution < -0.4 is 9.64 Å². The molecule has 6 rings (SSSR count). The van der Waals surface area contributed by atoms with Gasteiger partial charge in [0.05, 0.1) is 12.3 Å². The van der Waals surface area contributed by atoms with Crippen LogP contribution in [-0.2, 0) is 19.6 Å². The van der Waals surface area contributed by atoms with E-state index in [2.05, 4.69) is 16.0 Å². The van der Waals surface area contributed by atoms with Crippen molar-refractivity contribution in [2.75, 3.05) is 18.1 Å². The van der Waals surface area contributed by atoms with Crippen LogP contribution in [0.2, 0.25) is 0 Å².